The molecular weight excluding hydrogens is 336 g/mol. The summed E-state index contributed by atoms with van der Waals surface area (Å²) >= 11 is 0. The summed E-state index contributed by atoms with van der Waals surface area (Å²) in [6.07, 6.45) is 1.34. The first-order chi connectivity index (χ1) is 12.5. The molecule has 2 rings (SSSR count). The van der Waals surface area contributed by atoms with Crippen LogP contribution in [0.1, 0.15) is 11.1 Å². The van der Waals surface area contributed by atoms with Gasteiger partial charge in [0.15, 0.2) is 6.61 Å². The topological polar surface area (TPSA) is 123 Å². The Kier molecular flexibility index (Phi) is 6.44. The smallest absolute Gasteiger partial charge is 0.329 e. The number of carbonyl (C=O) groups excluding carboxylic acids is 3. The molecule has 134 valence electrons. The van der Waals surface area contributed by atoms with Gasteiger partial charge in [0.2, 0.25) is 0 Å². The van der Waals surface area contributed by atoms with Crippen molar-refractivity contribution in [2.24, 2.45) is 10.8 Å². The van der Waals surface area contributed by atoms with Gasteiger partial charge in [-0.25, -0.2) is 5.43 Å². The van der Waals surface area contributed by atoms with Crippen molar-refractivity contribution in [1.29, 1.82) is 0 Å². The Morgan fingerprint density at radius 2 is 1.88 bits per heavy atom. The Balaban J connectivity index is 1.90. The number of amides is 3. The van der Waals surface area contributed by atoms with Crippen LogP contribution in [0.25, 0.3) is 0 Å². The minimum Gasteiger partial charge on any atom is -0.484 e. The van der Waals surface area contributed by atoms with Crippen molar-refractivity contribution in [3.63, 3.8) is 0 Å². The monoisotopic (exact) mass is 354 g/mol. The molecule has 0 unspecified atom stereocenters. The lowest BCUT2D eigenvalue weighted by Crippen LogP contribution is -2.32. The predicted octanol–water partition coefficient (Wildman–Crippen LogP) is 0.948. The molecule has 0 aliphatic rings. The van der Waals surface area contributed by atoms with Crippen LogP contribution < -0.4 is 21.2 Å². The third kappa shape index (κ3) is 5.75. The zero-order valence-electron chi connectivity index (χ0n) is 14.1. The quantitative estimate of drug-likeness (QED) is 0.406. The molecule has 0 spiro atoms. The molecule has 0 radical (unpaired) electrons. The molecule has 0 saturated carbocycles. The molecule has 0 saturated heterocycles. The first-order valence-corrected chi connectivity index (χ1v) is 7.67. The molecule has 0 bridgehead atoms. The number of carbonyl (C=O) groups is 3. The molecule has 0 aliphatic heterocycles. The van der Waals surface area contributed by atoms with Gasteiger partial charge in [0.1, 0.15) is 5.75 Å². The van der Waals surface area contributed by atoms with E-state index in [2.05, 4.69) is 15.8 Å². The summed E-state index contributed by atoms with van der Waals surface area (Å²) in [5, 5.41) is 6.24. The molecule has 4 N–H and O–H groups in total. The minimum absolute atomic E-state index is 0.240. The molecule has 2 aromatic carbocycles. The highest BCUT2D eigenvalue weighted by molar-refractivity contribution is 6.39. The fourth-order valence-electron chi connectivity index (χ4n) is 1.95. The van der Waals surface area contributed by atoms with Gasteiger partial charge in [0, 0.05) is 5.69 Å². The summed E-state index contributed by atoms with van der Waals surface area (Å²) in [5.74, 6) is -1.88. The van der Waals surface area contributed by atoms with Gasteiger partial charge >= 0.3 is 11.8 Å². The van der Waals surface area contributed by atoms with Crippen molar-refractivity contribution >= 4 is 29.6 Å². The molecule has 0 fully saturated rings. The number of nitrogens with one attached hydrogen (secondary N) is 2. The third-order valence-electron chi connectivity index (χ3n) is 3.22. The van der Waals surface area contributed by atoms with E-state index in [1.165, 1.54) is 6.21 Å². The molecule has 0 aliphatic carbocycles. The van der Waals surface area contributed by atoms with E-state index >= 15 is 0 Å². The van der Waals surface area contributed by atoms with Crippen LogP contribution in [0.2, 0.25) is 0 Å². The van der Waals surface area contributed by atoms with Crippen LogP contribution in [0.3, 0.4) is 0 Å². The number of rotatable bonds is 6. The fourth-order valence-corrected chi connectivity index (χ4v) is 1.95. The Labute approximate surface area is 150 Å². The van der Waals surface area contributed by atoms with E-state index in [0.717, 1.165) is 5.56 Å². The first-order valence-electron chi connectivity index (χ1n) is 7.67. The van der Waals surface area contributed by atoms with Crippen LogP contribution in [-0.4, -0.2) is 30.5 Å². The number of para-hydroxylation sites is 1. The molecule has 8 nitrogen and oxygen atoms in total. The molecule has 2 aromatic rings. The average Bonchev–Trinajstić information content (AvgIpc) is 2.62. The lowest BCUT2D eigenvalue weighted by atomic mass is 10.2. The highest BCUT2D eigenvalue weighted by Gasteiger charge is 2.13. The maximum Gasteiger partial charge on any atom is 0.329 e. The number of hydrogen-bond acceptors (Lipinski definition) is 5. The average molecular weight is 354 g/mol. The molecule has 26 heavy (non-hydrogen) atoms. The number of ether oxygens (including phenoxy) is 1. The van der Waals surface area contributed by atoms with Crippen LogP contribution in [0.4, 0.5) is 5.69 Å². The fraction of sp³-hybridized carbons (Fsp3) is 0.111. The van der Waals surface area contributed by atoms with E-state index in [9.17, 15) is 14.4 Å². The van der Waals surface area contributed by atoms with E-state index < -0.39 is 17.7 Å². The Morgan fingerprint density at radius 3 is 2.62 bits per heavy atom. The standard InChI is InChI=1S/C18H18N4O4/c1-12-5-2-3-8-15(12)21-17(24)18(25)22-20-10-13-6-4-7-14(9-13)26-11-16(19)23/h2-10H,11H2,1H3,(H2,19,23)(H,21,24)(H,22,25)/b20-10-. The van der Waals surface area contributed by atoms with Crippen LogP contribution in [-0.2, 0) is 14.4 Å². The van der Waals surface area contributed by atoms with Crippen molar-refractivity contribution in [3.05, 3.63) is 59.7 Å². The number of aryl methyl sites for hydroxylation is 1. The Hall–Kier alpha value is -3.68. The van der Waals surface area contributed by atoms with E-state index in [0.29, 0.717) is 17.0 Å². The third-order valence-corrected chi connectivity index (χ3v) is 3.22. The van der Waals surface area contributed by atoms with E-state index in [1.807, 2.05) is 19.1 Å². The van der Waals surface area contributed by atoms with Crippen LogP contribution in [0, 0.1) is 6.92 Å². The summed E-state index contributed by atoms with van der Waals surface area (Å²) in [4.78, 5) is 34.3. The van der Waals surface area contributed by atoms with E-state index in [-0.39, 0.29) is 6.61 Å². The largest absolute Gasteiger partial charge is 0.484 e. The SMILES string of the molecule is Cc1ccccc1NC(=O)C(=O)N/N=C\c1cccc(OCC(N)=O)c1. The van der Waals surface area contributed by atoms with Crippen molar-refractivity contribution in [2.45, 2.75) is 6.92 Å². The molecular formula is C18H18N4O4. The van der Waals surface area contributed by atoms with Crippen molar-refractivity contribution in [1.82, 2.24) is 5.43 Å². The number of nitrogens with zero attached hydrogens (tertiary/aromatic N) is 1. The van der Waals surface area contributed by atoms with Gasteiger partial charge in [-0.2, -0.15) is 5.10 Å². The van der Waals surface area contributed by atoms with Crippen LogP contribution in [0.15, 0.2) is 53.6 Å². The Bertz CT molecular complexity index is 849. The number of hydrogen-bond donors (Lipinski definition) is 3. The second-order valence-corrected chi connectivity index (χ2v) is 5.30. The highest BCUT2D eigenvalue weighted by atomic mass is 16.5. The summed E-state index contributed by atoms with van der Waals surface area (Å²) in [7, 11) is 0. The van der Waals surface area contributed by atoms with Crippen LogP contribution >= 0.6 is 0 Å². The summed E-state index contributed by atoms with van der Waals surface area (Å²) < 4.78 is 5.16. The molecule has 0 aromatic heterocycles. The van der Waals surface area contributed by atoms with Gasteiger partial charge in [0.25, 0.3) is 5.91 Å². The normalized spacial score (nSPS) is 10.3. The highest BCUT2D eigenvalue weighted by Crippen LogP contribution is 2.13. The summed E-state index contributed by atoms with van der Waals surface area (Å²) in [6, 6.07) is 13.7. The molecule has 0 atom stereocenters. The second-order valence-electron chi connectivity index (χ2n) is 5.30. The van der Waals surface area contributed by atoms with Gasteiger partial charge < -0.3 is 15.8 Å². The van der Waals surface area contributed by atoms with Crippen molar-refractivity contribution < 1.29 is 19.1 Å². The Morgan fingerprint density at radius 1 is 1.12 bits per heavy atom. The maximum atomic E-state index is 11.8. The van der Waals surface area contributed by atoms with E-state index in [4.69, 9.17) is 10.5 Å². The predicted molar refractivity (Wildman–Crippen MR) is 96.7 cm³/mol. The number of benzene rings is 2. The second kappa shape index (κ2) is 8.97. The van der Waals surface area contributed by atoms with Gasteiger partial charge in [-0.15, -0.1) is 0 Å². The number of nitrogens with two attached hydrogens (primary N) is 1. The van der Waals surface area contributed by atoms with Gasteiger partial charge in [-0.3, -0.25) is 14.4 Å². The van der Waals surface area contributed by atoms with Gasteiger partial charge in [-0.1, -0.05) is 30.3 Å². The van der Waals surface area contributed by atoms with Crippen molar-refractivity contribution in [2.75, 3.05) is 11.9 Å². The molecule has 3 amide bonds. The summed E-state index contributed by atoms with van der Waals surface area (Å²) in [6.45, 7) is 1.58. The number of hydrazone groups is 1. The molecule has 8 heteroatoms. The number of anilines is 1. The maximum absolute atomic E-state index is 11.8. The zero-order chi connectivity index (χ0) is 18.9. The van der Waals surface area contributed by atoms with Crippen molar-refractivity contribution in [3.8, 4) is 5.75 Å². The zero-order valence-corrected chi connectivity index (χ0v) is 14.1. The van der Waals surface area contributed by atoms with Crippen LogP contribution in [0.5, 0.6) is 5.75 Å². The number of primary amides is 1. The van der Waals surface area contributed by atoms with E-state index in [1.54, 1.807) is 36.4 Å². The minimum atomic E-state index is -0.898. The lowest BCUT2D eigenvalue weighted by molar-refractivity contribution is -0.136. The van der Waals surface area contributed by atoms with Gasteiger partial charge in [-0.05, 0) is 36.2 Å². The molecule has 0 heterocycles. The first kappa shape index (κ1) is 18.7. The summed E-state index contributed by atoms with van der Waals surface area (Å²) in [5.41, 5.74) is 9.15. The lowest BCUT2D eigenvalue weighted by Gasteiger charge is -2.06. The van der Waals surface area contributed by atoms with Gasteiger partial charge in [0.05, 0.1) is 6.21 Å².